The van der Waals surface area contributed by atoms with Crippen LogP contribution in [0.25, 0.3) is 6.08 Å². The molecule has 0 spiro atoms. The third-order valence-electron chi connectivity index (χ3n) is 4.63. The first-order chi connectivity index (χ1) is 15.3. The Balaban J connectivity index is 1.78. The third-order valence-corrected chi connectivity index (χ3v) is 5.45. The topological polar surface area (TPSA) is 62.1 Å². The molecular weight excluding hydrogens is 467 g/mol. The molecule has 3 rings (SSSR count). The number of aryl methyl sites for hydroxylation is 2. The fourth-order valence-corrected chi connectivity index (χ4v) is 3.82. The van der Waals surface area contributed by atoms with Crippen molar-refractivity contribution in [3.63, 3.8) is 0 Å². The lowest BCUT2D eigenvalue weighted by molar-refractivity contribution is -0.112. The summed E-state index contributed by atoms with van der Waals surface area (Å²) in [6.45, 7) is 4.10. The number of halogens is 3. The monoisotopic (exact) mass is 484 g/mol. The molecule has 162 valence electrons. The highest BCUT2D eigenvalue weighted by Gasteiger charge is 2.12. The van der Waals surface area contributed by atoms with Crippen LogP contribution in [0.1, 0.15) is 22.3 Å². The SMILES string of the molecule is Cc1cc(/C=C(\C#N)C(=O)Nc2cccc(Cl)c2)cc(C)c1OCc1ccc(Cl)cc1Cl. The normalized spacial score (nSPS) is 11.1. The van der Waals surface area contributed by atoms with E-state index >= 15 is 0 Å². The summed E-state index contributed by atoms with van der Waals surface area (Å²) in [6.07, 6.45) is 1.54. The largest absolute Gasteiger partial charge is 0.488 e. The summed E-state index contributed by atoms with van der Waals surface area (Å²) in [4.78, 5) is 12.5. The van der Waals surface area contributed by atoms with E-state index in [0.29, 0.717) is 27.4 Å². The van der Waals surface area contributed by atoms with E-state index in [9.17, 15) is 10.1 Å². The number of nitriles is 1. The van der Waals surface area contributed by atoms with Crippen LogP contribution in [0.3, 0.4) is 0 Å². The molecule has 0 heterocycles. The van der Waals surface area contributed by atoms with Crippen molar-refractivity contribution in [3.8, 4) is 11.8 Å². The Morgan fingerprint density at radius 1 is 1.03 bits per heavy atom. The molecule has 0 aliphatic carbocycles. The molecule has 0 atom stereocenters. The first-order valence-electron chi connectivity index (χ1n) is 9.63. The number of carbonyl (C=O) groups excluding carboxylic acids is 1. The van der Waals surface area contributed by atoms with Crippen LogP contribution in [0.4, 0.5) is 5.69 Å². The second kappa shape index (κ2) is 10.6. The van der Waals surface area contributed by atoms with E-state index in [1.165, 1.54) is 0 Å². The number of ether oxygens (including phenoxy) is 1. The van der Waals surface area contributed by atoms with Crippen LogP contribution in [0.5, 0.6) is 5.75 Å². The highest BCUT2D eigenvalue weighted by molar-refractivity contribution is 6.35. The lowest BCUT2D eigenvalue weighted by atomic mass is 10.0. The van der Waals surface area contributed by atoms with E-state index in [2.05, 4.69) is 5.32 Å². The Morgan fingerprint density at radius 2 is 1.72 bits per heavy atom. The Hall–Kier alpha value is -2.97. The standard InChI is InChI=1S/C25H19Cl3N2O2/c1-15-8-17(10-19(13-29)25(31)30-22-5-3-4-20(26)11-22)9-16(2)24(15)32-14-18-6-7-21(27)12-23(18)28/h3-12H,14H2,1-2H3,(H,30,31)/b19-10+. The summed E-state index contributed by atoms with van der Waals surface area (Å²) in [5.74, 6) is 0.206. The lowest BCUT2D eigenvalue weighted by Crippen LogP contribution is -2.13. The molecule has 1 N–H and O–H groups in total. The second-order valence-electron chi connectivity index (χ2n) is 7.14. The molecule has 0 saturated carbocycles. The first-order valence-corrected chi connectivity index (χ1v) is 10.8. The number of hydrogen-bond donors (Lipinski definition) is 1. The molecule has 0 aromatic heterocycles. The summed E-state index contributed by atoms with van der Waals surface area (Å²) in [5, 5.41) is 13.8. The maximum absolute atomic E-state index is 12.5. The predicted molar refractivity (Wildman–Crippen MR) is 130 cm³/mol. The van der Waals surface area contributed by atoms with Crippen molar-refractivity contribution in [1.29, 1.82) is 5.26 Å². The quantitative estimate of drug-likeness (QED) is 0.292. The summed E-state index contributed by atoms with van der Waals surface area (Å²) in [7, 11) is 0. The molecule has 7 heteroatoms. The van der Waals surface area contributed by atoms with Gasteiger partial charge in [-0.05, 0) is 79.1 Å². The maximum atomic E-state index is 12.5. The zero-order chi connectivity index (χ0) is 23.3. The smallest absolute Gasteiger partial charge is 0.266 e. The van der Waals surface area contributed by atoms with Gasteiger partial charge in [0.15, 0.2) is 0 Å². The number of rotatable bonds is 6. The van der Waals surface area contributed by atoms with Gasteiger partial charge in [-0.2, -0.15) is 5.26 Å². The average molecular weight is 486 g/mol. The van der Waals surface area contributed by atoms with Gasteiger partial charge in [-0.15, -0.1) is 0 Å². The van der Waals surface area contributed by atoms with E-state index in [-0.39, 0.29) is 5.57 Å². The number of nitrogens with one attached hydrogen (secondary N) is 1. The van der Waals surface area contributed by atoms with E-state index in [4.69, 9.17) is 39.5 Å². The molecular formula is C25H19Cl3N2O2. The number of carbonyl (C=O) groups is 1. The highest BCUT2D eigenvalue weighted by atomic mass is 35.5. The number of nitrogens with zero attached hydrogens (tertiary/aromatic N) is 1. The van der Waals surface area contributed by atoms with Crippen LogP contribution >= 0.6 is 34.8 Å². The average Bonchev–Trinajstić information content (AvgIpc) is 2.72. The Labute approximate surface area is 202 Å². The Kier molecular flexibility index (Phi) is 7.82. The number of benzene rings is 3. The van der Waals surface area contributed by atoms with Gasteiger partial charge < -0.3 is 10.1 Å². The summed E-state index contributed by atoms with van der Waals surface area (Å²) in [5.41, 5.74) is 3.77. The fraction of sp³-hybridized carbons (Fsp3) is 0.120. The molecule has 0 bridgehead atoms. The van der Waals surface area contributed by atoms with Crippen molar-refractivity contribution >= 4 is 52.5 Å². The van der Waals surface area contributed by atoms with Crippen molar-refractivity contribution < 1.29 is 9.53 Å². The molecule has 4 nitrogen and oxygen atoms in total. The van der Waals surface area contributed by atoms with Gasteiger partial charge in [0, 0.05) is 26.3 Å². The van der Waals surface area contributed by atoms with Gasteiger partial charge in [0.1, 0.15) is 24.0 Å². The molecule has 0 aliphatic rings. The maximum Gasteiger partial charge on any atom is 0.266 e. The van der Waals surface area contributed by atoms with Crippen molar-refractivity contribution in [2.75, 3.05) is 5.32 Å². The van der Waals surface area contributed by atoms with E-state index < -0.39 is 5.91 Å². The minimum absolute atomic E-state index is 0.0228. The summed E-state index contributed by atoms with van der Waals surface area (Å²) < 4.78 is 5.99. The van der Waals surface area contributed by atoms with Crippen LogP contribution < -0.4 is 10.1 Å². The number of amides is 1. The van der Waals surface area contributed by atoms with Gasteiger partial charge in [-0.3, -0.25) is 4.79 Å². The summed E-state index contributed by atoms with van der Waals surface area (Å²) in [6, 6.07) is 17.7. The van der Waals surface area contributed by atoms with Gasteiger partial charge in [-0.1, -0.05) is 46.9 Å². The van der Waals surface area contributed by atoms with Crippen molar-refractivity contribution in [3.05, 3.63) is 97.5 Å². The summed E-state index contributed by atoms with van der Waals surface area (Å²) >= 11 is 18.1. The van der Waals surface area contributed by atoms with Crippen LogP contribution in [-0.4, -0.2) is 5.91 Å². The molecule has 32 heavy (non-hydrogen) atoms. The molecule has 0 radical (unpaired) electrons. The van der Waals surface area contributed by atoms with Crippen LogP contribution in [0.15, 0.2) is 60.2 Å². The fourth-order valence-electron chi connectivity index (χ4n) is 3.16. The van der Waals surface area contributed by atoms with Crippen LogP contribution in [0.2, 0.25) is 15.1 Å². The molecule has 0 unspecified atom stereocenters. The molecule has 3 aromatic rings. The van der Waals surface area contributed by atoms with Crippen LogP contribution in [0, 0.1) is 25.2 Å². The highest BCUT2D eigenvalue weighted by Crippen LogP contribution is 2.29. The minimum atomic E-state index is -0.511. The van der Waals surface area contributed by atoms with Gasteiger partial charge in [0.05, 0.1) is 0 Å². The molecule has 0 aliphatic heterocycles. The molecule has 0 fully saturated rings. The first kappa shape index (κ1) is 23.7. The predicted octanol–water partition coefficient (Wildman–Crippen LogP) is 7.39. The van der Waals surface area contributed by atoms with Crippen molar-refractivity contribution in [2.45, 2.75) is 20.5 Å². The van der Waals surface area contributed by atoms with Crippen molar-refractivity contribution in [2.24, 2.45) is 0 Å². The van der Waals surface area contributed by atoms with Gasteiger partial charge in [0.25, 0.3) is 5.91 Å². The van der Waals surface area contributed by atoms with Gasteiger partial charge in [-0.25, -0.2) is 0 Å². The van der Waals surface area contributed by atoms with E-state index in [0.717, 1.165) is 28.0 Å². The van der Waals surface area contributed by atoms with Gasteiger partial charge in [0.2, 0.25) is 0 Å². The Bertz CT molecular complexity index is 1220. The zero-order valence-corrected chi connectivity index (χ0v) is 19.6. The van der Waals surface area contributed by atoms with Crippen molar-refractivity contribution in [1.82, 2.24) is 0 Å². The molecule has 0 saturated heterocycles. The van der Waals surface area contributed by atoms with E-state index in [1.807, 2.05) is 38.1 Å². The number of hydrogen-bond acceptors (Lipinski definition) is 3. The molecule has 3 aromatic carbocycles. The zero-order valence-electron chi connectivity index (χ0n) is 17.4. The minimum Gasteiger partial charge on any atom is -0.488 e. The second-order valence-corrected chi connectivity index (χ2v) is 8.42. The molecule has 1 amide bonds. The third kappa shape index (κ3) is 6.05. The van der Waals surface area contributed by atoms with E-state index in [1.54, 1.807) is 42.5 Å². The number of anilines is 1. The Morgan fingerprint density at radius 3 is 2.34 bits per heavy atom. The lowest BCUT2D eigenvalue weighted by Gasteiger charge is -2.14. The van der Waals surface area contributed by atoms with Crippen LogP contribution in [-0.2, 0) is 11.4 Å². The van der Waals surface area contributed by atoms with Gasteiger partial charge >= 0.3 is 0 Å².